The Balaban J connectivity index is 1.64. The molecule has 1 saturated carbocycles. The van der Waals surface area contributed by atoms with E-state index < -0.39 is 5.97 Å². The molecule has 0 saturated heterocycles. The molecule has 3 rings (SSSR count). The highest BCUT2D eigenvalue weighted by Gasteiger charge is 2.23. The van der Waals surface area contributed by atoms with Crippen molar-refractivity contribution in [2.24, 2.45) is 5.92 Å². The molecular weight excluding hydrogens is 372 g/mol. The number of rotatable bonds is 10. The number of aromatic amines is 1. The number of benzene rings is 1. The highest BCUT2D eigenvalue weighted by molar-refractivity contribution is 6.06. The largest absolute Gasteiger partial charge is 0.460 e. The van der Waals surface area contributed by atoms with Crippen LogP contribution >= 0.6 is 0 Å². The molecule has 1 aromatic carbocycles. The maximum Gasteiger partial charge on any atom is 0.340 e. The fourth-order valence-electron chi connectivity index (χ4n) is 3.13. The number of H-pyrrole nitrogens is 1. The quantitative estimate of drug-likeness (QED) is 0.470. The van der Waals surface area contributed by atoms with Gasteiger partial charge in [0.15, 0.2) is 0 Å². The maximum absolute atomic E-state index is 12.8. The van der Waals surface area contributed by atoms with Gasteiger partial charge in [-0.25, -0.2) is 4.79 Å². The van der Waals surface area contributed by atoms with Gasteiger partial charge in [-0.3, -0.25) is 4.79 Å². The van der Waals surface area contributed by atoms with Crippen molar-refractivity contribution < 1.29 is 23.8 Å². The molecule has 2 aromatic rings. The molecule has 1 amide bonds. The van der Waals surface area contributed by atoms with E-state index in [1.165, 1.54) is 20.0 Å². The van der Waals surface area contributed by atoms with Crippen molar-refractivity contribution in [3.8, 4) is 0 Å². The van der Waals surface area contributed by atoms with Gasteiger partial charge in [0, 0.05) is 25.1 Å². The molecule has 2 N–H and O–H groups in total. The molecular formula is C22H28N2O5. The summed E-state index contributed by atoms with van der Waals surface area (Å²) in [5.41, 5.74) is 3.57. The van der Waals surface area contributed by atoms with E-state index in [9.17, 15) is 9.59 Å². The lowest BCUT2D eigenvalue weighted by Crippen LogP contribution is -2.15. The minimum Gasteiger partial charge on any atom is -0.460 e. The van der Waals surface area contributed by atoms with Crippen LogP contribution in [-0.2, 0) is 20.8 Å². The first-order chi connectivity index (χ1) is 14.0. The number of amides is 1. The first kappa shape index (κ1) is 21.1. The number of aromatic nitrogens is 1. The van der Waals surface area contributed by atoms with Crippen molar-refractivity contribution in [3.63, 3.8) is 0 Å². The molecule has 1 heterocycles. The fraction of sp³-hybridized carbons (Fsp3) is 0.455. The van der Waals surface area contributed by atoms with Crippen molar-refractivity contribution in [2.45, 2.75) is 33.3 Å². The Morgan fingerprint density at radius 3 is 2.72 bits per heavy atom. The minimum atomic E-state index is -0.470. The number of aryl methyl sites for hydroxylation is 1. The van der Waals surface area contributed by atoms with Gasteiger partial charge in [0.25, 0.3) is 5.91 Å². The van der Waals surface area contributed by atoms with Crippen LogP contribution in [0.25, 0.3) is 0 Å². The third kappa shape index (κ3) is 5.68. The lowest BCUT2D eigenvalue weighted by atomic mass is 10.1. The van der Waals surface area contributed by atoms with Crippen LogP contribution in [0.5, 0.6) is 0 Å². The van der Waals surface area contributed by atoms with Crippen LogP contribution in [0.4, 0.5) is 5.69 Å². The molecule has 1 aliphatic carbocycles. The number of hydrogen-bond donors (Lipinski definition) is 2. The van der Waals surface area contributed by atoms with E-state index in [0.717, 1.165) is 12.2 Å². The van der Waals surface area contributed by atoms with Gasteiger partial charge in [-0.1, -0.05) is 12.1 Å². The van der Waals surface area contributed by atoms with Gasteiger partial charge in [-0.2, -0.15) is 0 Å². The number of hydrogen-bond acceptors (Lipinski definition) is 5. The third-order valence-corrected chi connectivity index (χ3v) is 4.89. The van der Waals surface area contributed by atoms with Crippen LogP contribution in [-0.4, -0.2) is 43.8 Å². The third-order valence-electron chi connectivity index (χ3n) is 4.89. The Hall–Kier alpha value is -2.64. The standard InChI is InChI=1S/C22H28N2O5/c1-14-19(22(26)29-10-9-27-3)15(2)23-20(14)21(25)24-18-6-4-5-17(11-18)13-28-12-16-7-8-16/h4-6,11,16,23H,7-10,12-13H2,1-3H3,(H,24,25). The van der Waals surface area contributed by atoms with E-state index in [2.05, 4.69) is 10.3 Å². The molecule has 1 aromatic heterocycles. The van der Waals surface area contributed by atoms with Crippen LogP contribution in [0.15, 0.2) is 24.3 Å². The Labute approximate surface area is 170 Å². The van der Waals surface area contributed by atoms with E-state index >= 15 is 0 Å². The molecule has 1 aliphatic rings. The normalized spacial score (nSPS) is 13.3. The summed E-state index contributed by atoms with van der Waals surface area (Å²) in [6.07, 6.45) is 2.51. The summed E-state index contributed by atoms with van der Waals surface area (Å²) in [6.45, 7) is 5.28. The van der Waals surface area contributed by atoms with Gasteiger partial charge < -0.3 is 24.5 Å². The maximum atomic E-state index is 12.8. The number of esters is 1. The molecule has 156 valence electrons. The van der Waals surface area contributed by atoms with E-state index in [4.69, 9.17) is 14.2 Å². The number of methoxy groups -OCH3 is 1. The monoisotopic (exact) mass is 400 g/mol. The number of carbonyl (C=O) groups excluding carboxylic acids is 2. The van der Waals surface area contributed by atoms with E-state index in [1.807, 2.05) is 24.3 Å². The predicted molar refractivity (Wildman–Crippen MR) is 109 cm³/mol. The molecule has 1 fully saturated rings. The van der Waals surface area contributed by atoms with E-state index in [0.29, 0.717) is 47.3 Å². The fourth-order valence-corrected chi connectivity index (χ4v) is 3.13. The SMILES string of the molecule is COCCOC(=O)c1c(C)[nH]c(C(=O)Nc2cccc(COCC3CC3)c2)c1C. The summed E-state index contributed by atoms with van der Waals surface area (Å²) in [5.74, 6) is -0.0629. The second-order valence-corrected chi connectivity index (χ2v) is 7.37. The first-order valence-corrected chi connectivity index (χ1v) is 9.82. The number of carbonyl (C=O) groups is 2. The summed E-state index contributed by atoms with van der Waals surface area (Å²) in [5, 5.41) is 2.88. The van der Waals surface area contributed by atoms with Gasteiger partial charge >= 0.3 is 5.97 Å². The van der Waals surface area contributed by atoms with E-state index in [1.54, 1.807) is 13.8 Å². The van der Waals surface area contributed by atoms with Crippen LogP contribution < -0.4 is 5.32 Å². The summed E-state index contributed by atoms with van der Waals surface area (Å²) in [7, 11) is 1.54. The zero-order valence-electron chi connectivity index (χ0n) is 17.2. The smallest absolute Gasteiger partial charge is 0.340 e. The van der Waals surface area contributed by atoms with Gasteiger partial charge in [-0.05, 0) is 55.9 Å². The summed E-state index contributed by atoms with van der Waals surface area (Å²) >= 11 is 0. The number of anilines is 1. The highest BCUT2D eigenvalue weighted by Crippen LogP contribution is 2.29. The highest BCUT2D eigenvalue weighted by atomic mass is 16.6. The molecule has 29 heavy (non-hydrogen) atoms. The lowest BCUT2D eigenvalue weighted by molar-refractivity contribution is 0.0387. The van der Waals surface area contributed by atoms with Crippen molar-refractivity contribution in [2.75, 3.05) is 32.2 Å². The molecule has 7 nitrogen and oxygen atoms in total. The molecule has 0 spiro atoms. The summed E-state index contributed by atoms with van der Waals surface area (Å²) < 4.78 is 15.8. The second kappa shape index (κ2) is 9.71. The van der Waals surface area contributed by atoms with Crippen LogP contribution in [0.1, 0.15) is 50.5 Å². The average Bonchev–Trinajstić information content (AvgIpc) is 3.45. The molecule has 7 heteroatoms. The minimum absolute atomic E-state index is 0.163. The van der Waals surface area contributed by atoms with E-state index in [-0.39, 0.29) is 12.5 Å². The van der Waals surface area contributed by atoms with Crippen molar-refractivity contribution in [1.29, 1.82) is 0 Å². The molecule has 0 aliphatic heterocycles. The van der Waals surface area contributed by atoms with Gasteiger partial charge in [-0.15, -0.1) is 0 Å². The Bertz CT molecular complexity index is 870. The number of nitrogens with one attached hydrogen (secondary N) is 2. The molecule has 0 radical (unpaired) electrons. The molecule has 0 unspecified atom stereocenters. The predicted octanol–water partition coefficient (Wildman–Crippen LogP) is 3.61. The topological polar surface area (TPSA) is 89.7 Å². The first-order valence-electron chi connectivity index (χ1n) is 9.82. The molecule has 0 bridgehead atoms. The van der Waals surface area contributed by atoms with Crippen molar-refractivity contribution >= 4 is 17.6 Å². The lowest BCUT2D eigenvalue weighted by Gasteiger charge is -2.08. The van der Waals surface area contributed by atoms with Crippen molar-refractivity contribution in [3.05, 3.63) is 52.3 Å². The Morgan fingerprint density at radius 1 is 1.21 bits per heavy atom. The van der Waals surface area contributed by atoms with Crippen molar-refractivity contribution in [1.82, 2.24) is 4.98 Å². The zero-order valence-corrected chi connectivity index (χ0v) is 17.2. The van der Waals surface area contributed by atoms with Crippen LogP contribution in [0.3, 0.4) is 0 Å². The molecule has 0 atom stereocenters. The number of ether oxygens (including phenoxy) is 3. The zero-order chi connectivity index (χ0) is 20.8. The summed E-state index contributed by atoms with van der Waals surface area (Å²) in [4.78, 5) is 28.1. The summed E-state index contributed by atoms with van der Waals surface area (Å²) in [6, 6.07) is 7.58. The van der Waals surface area contributed by atoms with Crippen LogP contribution in [0.2, 0.25) is 0 Å². The van der Waals surface area contributed by atoms with Gasteiger partial charge in [0.05, 0.1) is 18.8 Å². The Morgan fingerprint density at radius 2 is 2.00 bits per heavy atom. The van der Waals surface area contributed by atoms with Gasteiger partial charge in [0.2, 0.25) is 0 Å². The average molecular weight is 400 g/mol. The van der Waals surface area contributed by atoms with Gasteiger partial charge in [0.1, 0.15) is 12.3 Å². The second-order valence-electron chi connectivity index (χ2n) is 7.37. The van der Waals surface area contributed by atoms with Crippen LogP contribution in [0, 0.1) is 19.8 Å². The Kier molecular flexibility index (Phi) is 7.06.